The Hall–Kier alpha value is -1.62. The predicted molar refractivity (Wildman–Crippen MR) is 50.5 cm³/mol. The third kappa shape index (κ3) is 1.42. The fourth-order valence-electron chi connectivity index (χ4n) is 1.12. The van der Waals surface area contributed by atoms with Crippen molar-refractivity contribution in [3.8, 4) is 0 Å². The summed E-state index contributed by atoms with van der Waals surface area (Å²) < 4.78 is 23.7. The molecule has 0 saturated heterocycles. The highest BCUT2D eigenvalue weighted by Crippen LogP contribution is 2.18. The van der Waals surface area contributed by atoms with E-state index in [4.69, 9.17) is 0 Å². The molecule has 0 unspecified atom stereocenters. The predicted octanol–water partition coefficient (Wildman–Crippen LogP) is 1.24. The number of sulfone groups is 1. The lowest BCUT2D eigenvalue weighted by molar-refractivity contribution is 0.596. The van der Waals surface area contributed by atoms with Gasteiger partial charge >= 0.3 is 0 Å². The molecule has 14 heavy (non-hydrogen) atoms. The van der Waals surface area contributed by atoms with Crippen LogP contribution in [0.1, 0.15) is 0 Å². The van der Waals surface area contributed by atoms with Crippen molar-refractivity contribution in [3.05, 3.63) is 42.7 Å². The van der Waals surface area contributed by atoms with Crippen molar-refractivity contribution in [2.24, 2.45) is 0 Å². The molecule has 1 N–H and O–H groups in total. The first kappa shape index (κ1) is 8.96. The molecule has 0 radical (unpaired) electrons. The van der Waals surface area contributed by atoms with Crippen LogP contribution in [0.3, 0.4) is 0 Å². The molecule has 1 aromatic carbocycles. The molecule has 2 rings (SSSR count). The van der Waals surface area contributed by atoms with E-state index in [0.29, 0.717) is 0 Å². The zero-order chi connectivity index (χ0) is 10.0. The standard InChI is InChI=1S/C9H8N2O2S/c12-14(13,9-6-10-11-7-9)8-4-2-1-3-5-8/h1-7H,(H,10,11). The van der Waals surface area contributed by atoms with Crippen LogP contribution in [0.15, 0.2) is 52.5 Å². The normalized spacial score (nSPS) is 11.4. The van der Waals surface area contributed by atoms with E-state index in [-0.39, 0.29) is 9.79 Å². The Morgan fingerprint density at radius 2 is 1.79 bits per heavy atom. The summed E-state index contributed by atoms with van der Waals surface area (Å²) in [6, 6.07) is 8.26. The number of nitrogens with zero attached hydrogens (tertiary/aromatic N) is 1. The maximum absolute atomic E-state index is 11.8. The molecule has 0 aliphatic carbocycles. The van der Waals surface area contributed by atoms with E-state index in [9.17, 15) is 8.42 Å². The van der Waals surface area contributed by atoms with E-state index in [1.807, 2.05) is 0 Å². The first-order chi connectivity index (χ1) is 6.71. The lowest BCUT2D eigenvalue weighted by Gasteiger charge is -1.99. The van der Waals surface area contributed by atoms with Crippen LogP contribution in [0.5, 0.6) is 0 Å². The molecule has 0 spiro atoms. The van der Waals surface area contributed by atoms with E-state index in [1.54, 1.807) is 30.3 Å². The van der Waals surface area contributed by atoms with Crippen molar-refractivity contribution in [2.75, 3.05) is 0 Å². The summed E-state index contributed by atoms with van der Waals surface area (Å²) in [6.07, 6.45) is 2.66. The number of aromatic amines is 1. The van der Waals surface area contributed by atoms with Crippen LogP contribution in [-0.2, 0) is 9.84 Å². The molecule has 72 valence electrons. The van der Waals surface area contributed by atoms with E-state index in [1.165, 1.54) is 12.4 Å². The van der Waals surface area contributed by atoms with Crippen molar-refractivity contribution in [1.29, 1.82) is 0 Å². The molecule has 1 heterocycles. The van der Waals surface area contributed by atoms with Crippen molar-refractivity contribution >= 4 is 9.84 Å². The highest BCUT2D eigenvalue weighted by Gasteiger charge is 2.17. The van der Waals surface area contributed by atoms with Crippen LogP contribution in [0.4, 0.5) is 0 Å². The van der Waals surface area contributed by atoms with Gasteiger partial charge in [-0.25, -0.2) is 8.42 Å². The third-order valence-corrected chi connectivity index (χ3v) is 3.57. The molecule has 0 atom stereocenters. The summed E-state index contributed by atoms with van der Waals surface area (Å²) in [7, 11) is -3.39. The minimum atomic E-state index is -3.39. The van der Waals surface area contributed by atoms with Gasteiger partial charge in [0.1, 0.15) is 4.90 Å². The average Bonchev–Trinajstić information content (AvgIpc) is 2.72. The summed E-state index contributed by atoms with van der Waals surface area (Å²) in [5.74, 6) is 0. The Morgan fingerprint density at radius 1 is 1.07 bits per heavy atom. The van der Waals surface area contributed by atoms with Crippen LogP contribution in [-0.4, -0.2) is 18.6 Å². The van der Waals surface area contributed by atoms with Gasteiger partial charge in [0.25, 0.3) is 0 Å². The quantitative estimate of drug-likeness (QED) is 0.807. The largest absolute Gasteiger partial charge is 0.284 e. The Kier molecular flexibility index (Phi) is 2.09. The van der Waals surface area contributed by atoms with Gasteiger partial charge in [-0.15, -0.1) is 0 Å². The Morgan fingerprint density at radius 3 is 2.36 bits per heavy atom. The maximum atomic E-state index is 11.8. The lowest BCUT2D eigenvalue weighted by atomic mass is 10.4. The van der Waals surface area contributed by atoms with Crippen molar-refractivity contribution in [3.63, 3.8) is 0 Å². The van der Waals surface area contributed by atoms with Gasteiger partial charge in [-0.2, -0.15) is 5.10 Å². The summed E-state index contributed by atoms with van der Waals surface area (Å²) in [5.41, 5.74) is 0. The first-order valence-corrected chi connectivity index (χ1v) is 5.48. The summed E-state index contributed by atoms with van der Waals surface area (Å²) in [6.45, 7) is 0. The zero-order valence-electron chi connectivity index (χ0n) is 7.21. The Bertz CT molecular complexity index is 503. The van der Waals surface area contributed by atoms with Gasteiger partial charge in [-0.05, 0) is 12.1 Å². The fraction of sp³-hybridized carbons (Fsp3) is 0. The minimum absolute atomic E-state index is 0.184. The Labute approximate surface area is 81.5 Å². The third-order valence-electron chi connectivity index (χ3n) is 1.84. The van der Waals surface area contributed by atoms with E-state index in [0.717, 1.165) is 0 Å². The van der Waals surface area contributed by atoms with Gasteiger partial charge in [-0.3, -0.25) is 5.10 Å². The van der Waals surface area contributed by atoms with Gasteiger partial charge in [-0.1, -0.05) is 18.2 Å². The molecule has 4 nitrogen and oxygen atoms in total. The molecule has 5 heteroatoms. The van der Waals surface area contributed by atoms with Gasteiger partial charge in [0, 0.05) is 6.20 Å². The van der Waals surface area contributed by atoms with Crippen molar-refractivity contribution < 1.29 is 8.42 Å². The molecule has 1 aromatic heterocycles. The molecular formula is C9H8N2O2S. The molecular weight excluding hydrogens is 200 g/mol. The van der Waals surface area contributed by atoms with Gasteiger partial charge in [0.05, 0.1) is 11.1 Å². The van der Waals surface area contributed by atoms with Gasteiger partial charge in [0.15, 0.2) is 0 Å². The van der Waals surface area contributed by atoms with Gasteiger partial charge in [0.2, 0.25) is 9.84 Å². The number of aromatic nitrogens is 2. The van der Waals surface area contributed by atoms with Crippen LogP contribution in [0.2, 0.25) is 0 Å². The minimum Gasteiger partial charge on any atom is -0.284 e. The molecule has 0 fully saturated rings. The second-order valence-corrected chi connectivity index (χ2v) is 4.70. The smallest absolute Gasteiger partial charge is 0.209 e. The van der Waals surface area contributed by atoms with E-state index in [2.05, 4.69) is 10.2 Å². The van der Waals surface area contributed by atoms with Crippen molar-refractivity contribution in [1.82, 2.24) is 10.2 Å². The topological polar surface area (TPSA) is 62.8 Å². The van der Waals surface area contributed by atoms with Crippen LogP contribution in [0.25, 0.3) is 0 Å². The number of H-pyrrole nitrogens is 1. The number of nitrogens with one attached hydrogen (secondary N) is 1. The van der Waals surface area contributed by atoms with Crippen LogP contribution < -0.4 is 0 Å². The SMILES string of the molecule is O=S(=O)(c1ccccc1)c1cn[nH]c1. The monoisotopic (exact) mass is 208 g/mol. The average molecular weight is 208 g/mol. The summed E-state index contributed by atoms with van der Waals surface area (Å²) >= 11 is 0. The van der Waals surface area contributed by atoms with Crippen LogP contribution >= 0.6 is 0 Å². The molecule has 0 amide bonds. The highest BCUT2D eigenvalue weighted by molar-refractivity contribution is 7.91. The van der Waals surface area contributed by atoms with E-state index < -0.39 is 9.84 Å². The number of hydrogen-bond acceptors (Lipinski definition) is 3. The van der Waals surface area contributed by atoms with Gasteiger partial charge < -0.3 is 0 Å². The lowest BCUT2D eigenvalue weighted by Crippen LogP contribution is -1.99. The Balaban J connectivity index is 2.55. The second kappa shape index (κ2) is 3.26. The summed E-state index contributed by atoms with van der Waals surface area (Å²) in [4.78, 5) is 0.463. The first-order valence-electron chi connectivity index (χ1n) is 4.00. The number of hydrogen-bond donors (Lipinski definition) is 1. The fourth-order valence-corrected chi connectivity index (χ4v) is 2.31. The van der Waals surface area contributed by atoms with Crippen molar-refractivity contribution in [2.45, 2.75) is 9.79 Å². The maximum Gasteiger partial charge on any atom is 0.209 e. The molecule has 0 saturated carbocycles. The van der Waals surface area contributed by atoms with E-state index >= 15 is 0 Å². The molecule has 0 aliphatic heterocycles. The summed E-state index contributed by atoms with van der Waals surface area (Å²) in [5, 5.41) is 6.09. The number of rotatable bonds is 2. The zero-order valence-corrected chi connectivity index (χ0v) is 8.03. The second-order valence-electron chi connectivity index (χ2n) is 2.75. The molecule has 0 aliphatic rings. The molecule has 0 bridgehead atoms. The molecule has 2 aromatic rings. The highest BCUT2D eigenvalue weighted by atomic mass is 32.2. The van der Waals surface area contributed by atoms with Crippen LogP contribution in [0, 0.1) is 0 Å². The number of benzene rings is 1.